The van der Waals surface area contributed by atoms with Crippen LogP contribution in [0.3, 0.4) is 0 Å². The number of anilines is 2. The van der Waals surface area contributed by atoms with Crippen LogP contribution in [-0.4, -0.2) is 27.6 Å². The Kier molecular flexibility index (Phi) is 5.98. The van der Waals surface area contributed by atoms with E-state index in [1.807, 2.05) is 30.3 Å². The number of para-hydroxylation sites is 1. The number of carbonyl (C=O) groups excluding carboxylic acids is 1. The second-order valence-corrected chi connectivity index (χ2v) is 8.55. The van der Waals surface area contributed by atoms with Crippen molar-refractivity contribution in [2.75, 3.05) is 22.5 Å². The fourth-order valence-electron chi connectivity index (χ4n) is 2.89. The van der Waals surface area contributed by atoms with Crippen LogP contribution >= 0.6 is 0 Å². The summed E-state index contributed by atoms with van der Waals surface area (Å²) in [5.74, 6) is -0.586. The number of sulfonamides is 1. The molecule has 0 aliphatic rings. The van der Waals surface area contributed by atoms with Crippen LogP contribution in [-0.2, 0) is 16.6 Å². The van der Waals surface area contributed by atoms with Gasteiger partial charge in [-0.1, -0.05) is 30.3 Å². The highest BCUT2D eigenvalue weighted by Gasteiger charge is 2.19. The Morgan fingerprint density at radius 2 is 1.45 bits per heavy atom. The molecule has 0 aliphatic carbocycles. The molecule has 29 heavy (non-hydrogen) atoms. The molecule has 0 N–H and O–H groups in total. The molecule has 0 spiro atoms. The number of amides is 1. The van der Waals surface area contributed by atoms with Crippen LogP contribution in [0.25, 0.3) is 0 Å². The van der Waals surface area contributed by atoms with E-state index < -0.39 is 10.0 Å². The van der Waals surface area contributed by atoms with E-state index in [0.29, 0.717) is 16.8 Å². The van der Waals surface area contributed by atoms with Crippen molar-refractivity contribution in [2.24, 2.45) is 0 Å². The van der Waals surface area contributed by atoms with Crippen LogP contribution in [0.1, 0.15) is 15.9 Å². The molecule has 0 bridgehead atoms. The predicted octanol–water partition coefficient (Wildman–Crippen LogP) is 4.07. The van der Waals surface area contributed by atoms with Gasteiger partial charge in [0.25, 0.3) is 5.91 Å². The van der Waals surface area contributed by atoms with Gasteiger partial charge in [-0.3, -0.25) is 9.10 Å². The van der Waals surface area contributed by atoms with Crippen LogP contribution in [0.2, 0.25) is 0 Å². The average Bonchev–Trinajstić information content (AvgIpc) is 2.72. The van der Waals surface area contributed by atoms with Gasteiger partial charge in [0, 0.05) is 18.3 Å². The van der Waals surface area contributed by atoms with Crippen molar-refractivity contribution < 1.29 is 17.6 Å². The van der Waals surface area contributed by atoms with E-state index >= 15 is 0 Å². The summed E-state index contributed by atoms with van der Waals surface area (Å²) in [5, 5.41) is 0. The topological polar surface area (TPSA) is 57.7 Å². The van der Waals surface area contributed by atoms with Crippen LogP contribution in [0, 0.1) is 5.82 Å². The lowest BCUT2D eigenvalue weighted by molar-refractivity contribution is 0.0993. The van der Waals surface area contributed by atoms with Gasteiger partial charge in [-0.05, 0) is 54.1 Å². The molecule has 0 unspecified atom stereocenters. The third-order valence-electron chi connectivity index (χ3n) is 4.49. The summed E-state index contributed by atoms with van der Waals surface area (Å²) in [6.07, 6.45) is 1.11. The zero-order valence-electron chi connectivity index (χ0n) is 16.1. The summed E-state index contributed by atoms with van der Waals surface area (Å²) >= 11 is 0. The number of hydrogen-bond donors (Lipinski definition) is 0. The van der Waals surface area contributed by atoms with E-state index in [4.69, 9.17) is 0 Å². The first-order chi connectivity index (χ1) is 13.8. The van der Waals surface area contributed by atoms with Crippen molar-refractivity contribution in [2.45, 2.75) is 6.54 Å². The summed E-state index contributed by atoms with van der Waals surface area (Å²) in [6, 6.07) is 21.3. The van der Waals surface area contributed by atoms with Gasteiger partial charge in [-0.25, -0.2) is 12.8 Å². The molecule has 0 heterocycles. The average molecular weight is 412 g/mol. The lowest BCUT2D eigenvalue weighted by atomic mass is 10.1. The van der Waals surface area contributed by atoms with Gasteiger partial charge in [0.1, 0.15) is 5.82 Å². The Labute approximate surface area is 170 Å². The van der Waals surface area contributed by atoms with Crippen molar-refractivity contribution in [3.63, 3.8) is 0 Å². The number of halogens is 1. The van der Waals surface area contributed by atoms with Gasteiger partial charge in [0.05, 0.1) is 18.5 Å². The first kappa shape index (κ1) is 20.5. The maximum absolute atomic E-state index is 13.1. The van der Waals surface area contributed by atoms with Crippen molar-refractivity contribution in [1.82, 2.24) is 0 Å². The Morgan fingerprint density at radius 1 is 0.862 bits per heavy atom. The van der Waals surface area contributed by atoms with Crippen LogP contribution < -0.4 is 9.21 Å². The van der Waals surface area contributed by atoms with Crippen molar-refractivity contribution >= 4 is 27.3 Å². The number of benzene rings is 3. The maximum Gasteiger partial charge on any atom is 0.258 e. The minimum Gasteiger partial charge on any atom is -0.311 e. The quantitative estimate of drug-likeness (QED) is 0.613. The highest BCUT2D eigenvalue weighted by molar-refractivity contribution is 7.92. The standard InChI is InChI=1S/C22H21FN2O3S/c1-24(20-6-4-3-5-7-20)22(26)18-10-14-21(15-11-18)25(29(2,27)28)16-17-8-12-19(23)13-9-17/h3-15H,16H2,1-2H3. The molecule has 0 aromatic heterocycles. The van der Waals surface area contributed by atoms with E-state index in [1.54, 1.807) is 43.4 Å². The minimum absolute atomic E-state index is 0.0658. The normalized spacial score (nSPS) is 11.1. The zero-order chi connectivity index (χ0) is 21.0. The van der Waals surface area contributed by atoms with E-state index in [9.17, 15) is 17.6 Å². The molecule has 1 amide bonds. The second-order valence-electron chi connectivity index (χ2n) is 6.64. The molecular formula is C22H21FN2O3S. The SMILES string of the molecule is CN(C(=O)c1ccc(N(Cc2ccc(F)cc2)S(C)(=O)=O)cc1)c1ccccc1. The molecule has 0 atom stereocenters. The van der Waals surface area contributed by atoms with Crippen LogP contribution in [0.15, 0.2) is 78.9 Å². The Bertz CT molecular complexity index is 1080. The van der Waals surface area contributed by atoms with Crippen molar-refractivity contribution in [3.05, 3.63) is 95.8 Å². The number of hydrogen-bond acceptors (Lipinski definition) is 3. The summed E-state index contributed by atoms with van der Waals surface area (Å²) in [5.41, 5.74) is 2.28. The van der Waals surface area contributed by atoms with Crippen LogP contribution in [0.5, 0.6) is 0 Å². The van der Waals surface area contributed by atoms with Gasteiger partial charge in [0.15, 0.2) is 0 Å². The largest absolute Gasteiger partial charge is 0.311 e. The van der Waals surface area contributed by atoms with E-state index in [-0.39, 0.29) is 18.3 Å². The lowest BCUT2D eigenvalue weighted by Crippen LogP contribution is -2.29. The first-order valence-electron chi connectivity index (χ1n) is 8.91. The number of nitrogens with zero attached hydrogens (tertiary/aromatic N) is 2. The smallest absolute Gasteiger partial charge is 0.258 e. The van der Waals surface area contributed by atoms with E-state index in [2.05, 4.69) is 0 Å². The van der Waals surface area contributed by atoms with Crippen molar-refractivity contribution in [1.29, 1.82) is 0 Å². The zero-order valence-corrected chi connectivity index (χ0v) is 16.9. The molecule has 7 heteroatoms. The molecule has 0 radical (unpaired) electrons. The third-order valence-corrected chi connectivity index (χ3v) is 5.63. The second kappa shape index (κ2) is 8.45. The van der Waals surface area contributed by atoms with Gasteiger partial charge < -0.3 is 4.90 Å². The molecule has 0 saturated carbocycles. The number of rotatable bonds is 6. The Balaban J connectivity index is 1.84. The highest BCUT2D eigenvalue weighted by Crippen LogP contribution is 2.23. The first-order valence-corrected chi connectivity index (χ1v) is 10.8. The van der Waals surface area contributed by atoms with Crippen LogP contribution in [0.4, 0.5) is 15.8 Å². The van der Waals surface area contributed by atoms with E-state index in [0.717, 1.165) is 11.9 Å². The lowest BCUT2D eigenvalue weighted by Gasteiger charge is -2.23. The molecular weight excluding hydrogens is 391 g/mol. The monoisotopic (exact) mass is 412 g/mol. The summed E-state index contributed by atoms with van der Waals surface area (Å²) in [6.45, 7) is 0.0658. The van der Waals surface area contributed by atoms with Gasteiger partial charge in [-0.15, -0.1) is 0 Å². The highest BCUT2D eigenvalue weighted by atomic mass is 32.2. The molecule has 0 aliphatic heterocycles. The third kappa shape index (κ3) is 5.00. The van der Waals surface area contributed by atoms with Crippen molar-refractivity contribution in [3.8, 4) is 0 Å². The maximum atomic E-state index is 13.1. The minimum atomic E-state index is -3.57. The molecule has 150 valence electrons. The molecule has 3 aromatic carbocycles. The molecule has 3 aromatic rings. The predicted molar refractivity (Wildman–Crippen MR) is 113 cm³/mol. The molecule has 5 nitrogen and oxygen atoms in total. The Hall–Kier alpha value is -3.19. The van der Waals surface area contributed by atoms with Gasteiger partial charge in [0.2, 0.25) is 10.0 Å². The summed E-state index contributed by atoms with van der Waals surface area (Å²) in [4.78, 5) is 14.2. The fraction of sp³-hybridized carbons (Fsp3) is 0.136. The summed E-state index contributed by atoms with van der Waals surface area (Å²) < 4.78 is 38.9. The molecule has 0 fully saturated rings. The summed E-state index contributed by atoms with van der Waals surface area (Å²) in [7, 11) is -1.89. The van der Waals surface area contributed by atoms with Gasteiger partial charge >= 0.3 is 0 Å². The van der Waals surface area contributed by atoms with E-state index in [1.165, 1.54) is 21.3 Å². The molecule has 0 saturated heterocycles. The van der Waals surface area contributed by atoms with Gasteiger partial charge in [-0.2, -0.15) is 0 Å². The number of carbonyl (C=O) groups is 1. The fourth-order valence-corrected chi connectivity index (χ4v) is 3.78. The molecule has 3 rings (SSSR count). The Morgan fingerprint density at radius 3 is 2.00 bits per heavy atom.